The van der Waals surface area contributed by atoms with Crippen LogP contribution in [-0.2, 0) is 16.6 Å². The molecule has 2 rings (SSSR count). The SMILES string of the molecule is CN(C)S(=O)(=O)NCCc1nnc(-c2cccnc2)o1. The van der Waals surface area contributed by atoms with E-state index in [9.17, 15) is 8.42 Å². The van der Waals surface area contributed by atoms with Crippen LogP contribution in [0.15, 0.2) is 28.9 Å². The van der Waals surface area contributed by atoms with E-state index < -0.39 is 10.2 Å². The highest BCUT2D eigenvalue weighted by Gasteiger charge is 2.13. The maximum absolute atomic E-state index is 11.5. The van der Waals surface area contributed by atoms with Crippen molar-refractivity contribution in [2.24, 2.45) is 0 Å². The Morgan fingerprint density at radius 3 is 2.80 bits per heavy atom. The summed E-state index contributed by atoms with van der Waals surface area (Å²) >= 11 is 0. The van der Waals surface area contributed by atoms with E-state index in [1.54, 1.807) is 24.5 Å². The highest BCUT2D eigenvalue weighted by molar-refractivity contribution is 7.87. The Bertz CT molecular complexity index is 654. The quantitative estimate of drug-likeness (QED) is 0.809. The molecular weight excluding hydrogens is 282 g/mol. The van der Waals surface area contributed by atoms with Gasteiger partial charge in [0.25, 0.3) is 10.2 Å². The van der Waals surface area contributed by atoms with Crippen molar-refractivity contribution in [2.45, 2.75) is 6.42 Å². The third kappa shape index (κ3) is 3.59. The predicted octanol–water partition coefficient (Wildman–Crippen LogP) is 0.0701. The monoisotopic (exact) mass is 297 g/mol. The number of nitrogens with one attached hydrogen (secondary N) is 1. The lowest BCUT2D eigenvalue weighted by Gasteiger charge is -2.11. The Balaban J connectivity index is 1.94. The lowest BCUT2D eigenvalue weighted by atomic mass is 10.3. The van der Waals surface area contributed by atoms with Crippen molar-refractivity contribution in [1.82, 2.24) is 24.2 Å². The Morgan fingerprint density at radius 2 is 2.15 bits per heavy atom. The van der Waals surface area contributed by atoms with Gasteiger partial charge in [0.1, 0.15) is 0 Å². The van der Waals surface area contributed by atoms with Crippen LogP contribution in [0, 0.1) is 0 Å². The molecule has 0 aliphatic rings. The first-order chi connectivity index (χ1) is 9.49. The summed E-state index contributed by atoms with van der Waals surface area (Å²) in [6.45, 7) is 0.190. The molecule has 2 heterocycles. The lowest BCUT2D eigenvalue weighted by molar-refractivity contribution is 0.488. The van der Waals surface area contributed by atoms with Crippen LogP contribution in [0.25, 0.3) is 11.5 Å². The van der Waals surface area contributed by atoms with E-state index in [2.05, 4.69) is 19.9 Å². The molecule has 0 aliphatic heterocycles. The molecule has 0 fully saturated rings. The molecule has 108 valence electrons. The van der Waals surface area contributed by atoms with E-state index in [-0.39, 0.29) is 6.54 Å². The van der Waals surface area contributed by atoms with Gasteiger partial charge in [0.15, 0.2) is 0 Å². The van der Waals surface area contributed by atoms with Crippen molar-refractivity contribution in [1.29, 1.82) is 0 Å². The van der Waals surface area contributed by atoms with Crippen LogP contribution in [0.1, 0.15) is 5.89 Å². The number of aromatic nitrogens is 3. The minimum atomic E-state index is -3.43. The maximum atomic E-state index is 11.5. The molecule has 0 saturated heterocycles. The summed E-state index contributed by atoms with van der Waals surface area (Å²) in [6, 6.07) is 3.57. The molecule has 8 nitrogen and oxygen atoms in total. The predicted molar refractivity (Wildman–Crippen MR) is 71.8 cm³/mol. The van der Waals surface area contributed by atoms with Crippen LogP contribution in [0.2, 0.25) is 0 Å². The summed E-state index contributed by atoms with van der Waals surface area (Å²) in [5.74, 6) is 0.730. The second-order valence-corrected chi connectivity index (χ2v) is 6.14. The Labute approximate surface area is 117 Å². The Kier molecular flexibility index (Phi) is 4.42. The fourth-order valence-corrected chi connectivity index (χ4v) is 1.99. The Morgan fingerprint density at radius 1 is 1.35 bits per heavy atom. The highest BCUT2D eigenvalue weighted by atomic mass is 32.2. The first-order valence-corrected chi connectivity index (χ1v) is 7.33. The summed E-state index contributed by atoms with van der Waals surface area (Å²) in [4.78, 5) is 3.96. The molecule has 20 heavy (non-hydrogen) atoms. The molecule has 2 aromatic heterocycles. The maximum Gasteiger partial charge on any atom is 0.278 e. The third-order valence-electron chi connectivity index (χ3n) is 2.48. The molecule has 2 aromatic rings. The van der Waals surface area contributed by atoms with Crippen molar-refractivity contribution in [3.63, 3.8) is 0 Å². The van der Waals surface area contributed by atoms with Crippen LogP contribution >= 0.6 is 0 Å². The number of hydrogen-bond acceptors (Lipinski definition) is 6. The summed E-state index contributed by atoms with van der Waals surface area (Å²) in [5, 5.41) is 7.76. The molecule has 0 aromatic carbocycles. The topological polar surface area (TPSA) is 101 Å². The zero-order valence-corrected chi connectivity index (χ0v) is 12.0. The summed E-state index contributed by atoms with van der Waals surface area (Å²) in [6.07, 6.45) is 3.59. The van der Waals surface area contributed by atoms with E-state index in [0.717, 1.165) is 9.87 Å². The van der Waals surface area contributed by atoms with Crippen LogP contribution < -0.4 is 4.72 Å². The second kappa shape index (κ2) is 6.07. The Hall–Kier alpha value is -1.84. The number of pyridine rings is 1. The van der Waals surface area contributed by atoms with E-state index in [1.165, 1.54) is 14.1 Å². The van der Waals surface area contributed by atoms with Gasteiger partial charge in [0.2, 0.25) is 11.8 Å². The normalized spacial score (nSPS) is 11.9. The lowest BCUT2D eigenvalue weighted by Crippen LogP contribution is -2.36. The van der Waals surface area contributed by atoms with Crippen LogP contribution in [0.3, 0.4) is 0 Å². The zero-order chi connectivity index (χ0) is 14.6. The van der Waals surface area contributed by atoms with Crippen molar-refractivity contribution >= 4 is 10.2 Å². The average Bonchev–Trinajstić information content (AvgIpc) is 2.88. The summed E-state index contributed by atoms with van der Waals surface area (Å²) in [5.41, 5.74) is 0.722. The molecule has 0 bridgehead atoms. The molecule has 0 amide bonds. The van der Waals surface area contributed by atoms with E-state index >= 15 is 0 Å². The fraction of sp³-hybridized carbons (Fsp3) is 0.364. The first kappa shape index (κ1) is 14.6. The third-order valence-corrected chi connectivity index (χ3v) is 4.01. The average molecular weight is 297 g/mol. The highest BCUT2D eigenvalue weighted by Crippen LogP contribution is 2.15. The smallest absolute Gasteiger partial charge is 0.278 e. The van der Waals surface area contributed by atoms with Crippen molar-refractivity contribution in [3.05, 3.63) is 30.4 Å². The van der Waals surface area contributed by atoms with Crippen molar-refractivity contribution < 1.29 is 12.8 Å². The number of hydrogen-bond donors (Lipinski definition) is 1. The standard InChI is InChI=1S/C11H15N5O3S/c1-16(2)20(17,18)13-7-5-10-14-15-11(19-10)9-4-3-6-12-8-9/h3-4,6,8,13H,5,7H2,1-2H3. The van der Waals surface area contributed by atoms with E-state index in [0.29, 0.717) is 18.2 Å². The molecule has 0 spiro atoms. The molecular formula is C11H15N5O3S. The van der Waals surface area contributed by atoms with Crippen LogP contribution in [0.5, 0.6) is 0 Å². The molecule has 0 unspecified atom stereocenters. The van der Waals surface area contributed by atoms with Gasteiger partial charge in [-0.1, -0.05) is 0 Å². The van der Waals surface area contributed by atoms with E-state index in [1.807, 2.05) is 0 Å². The molecule has 0 atom stereocenters. The van der Waals surface area contributed by atoms with Gasteiger partial charge in [-0.3, -0.25) is 4.98 Å². The molecule has 9 heteroatoms. The molecule has 1 N–H and O–H groups in total. The van der Waals surface area contributed by atoms with Gasteiger partial charge in [-0.2, -0.15) is 12.7 Å². The minimum Gasteiger partial charge on any atom is -0.421 e. The van der Waals surface area contributed by atoms with Crippen molar-refractivity contribution in [3.8, 4) is 11.5 Å². The number of nitrogens with zero attached hydrogens (tertiary/aromatic N) is 4. The summed E-state index contributed by atoms with van der Waals surface area (Å²) in [7, 11) is -0.522. The van der Waals surface area contributed by atoms with Gasteiger partial charge in [-0.25, -0.2) is 4.72 Å². The van der Waals surface area contributed by atoms with E-state index in [4.69, 9.17) is 4.42 Å². The second-order valence-electron chi connectivity index (χ2n) is 4.17. The molecule has 0 radical (unpaired) electrons. The summed E-state index contributed by atoms with van der Waals surface area (Å²) < 4.78 is 31.9. The molecule has 0 aliphatic carbocycles. The minimum absolute atomic E-state index is 0.190. The van der Waals surface area contributed by atoms with Gasteiger partial charge in [0, 0.05) is 39.5 Å². The van der Waals surface area contributed by atoms with Crippen molar-refractivity contribution in [2.75, 3.05) is 20.6 Å². The molecule has 0 saturated carbocycles. The van der Waals surface area contributed by atoms with Crippen LogP contribution in [0.4, 0.5) is 0 Å². The van der Waals surface area contributed by atoms with Gasteiger partial charge in [-0.05, 0) is 12.1 Å². The van der Waals surface area contributed by atoms with Gasteiger partial charge < -0.3 is 4.42 Å². The largest absolute Gasteiger partial charge is 0.421 e. The number of rotatable bonds is 6. The van der Waals surface area contributed by atoms with Gasteiger partial charge in [0.05, 0.1) is 5.56 Å². The van der Waals surface area contributed by atoms with Crippen LogP contribution in [-0.4, -0.2) is 48.5 Å². The van der Waals surface area contributed by atoms with Gasteiger partial charge >= 0.3 is 0 Å². The zero-order valence-electron chi connectivity index (χ0n) is 11.1. The first-order valence-electron chi connectivity index (χ1n) is 5.89. The fourth-order valence-electron chi connectivity index (χ4n) is 1.38. The van der Waals surface area contributed by atoms with Gasteiger partial charge in [-0.15, -0.1) is 10.2 Å².